The van der Waals surface area contributed by atoms with Gasteiger partial charge in [-0.25, -0.2) is 0 Å². The second-order valence-electron chi connectivity index (χ2n) is 18.4. The standard InChI is InChI=1S/C39H63NO11/c1-18-8-13-39(40-16-18)19(2)28-26(51-39)15-25-23-7-6-21-14-22(9-11-37(21,4)24(23)10-12-38(25,28)5)48-36-33(46)31(44)34(27(17-41)49-36)50-35-32(45)30(43)29(42)20(3)47-35/h6,18-20,22-36,40-46H,7-17H2,1-5H3/t18-,19+,20+,22+,23-,24+,25+,26+,27-,28+,29+,30-,31-,32-,33-,34-,35+,36-,37+,38+,39?/m1/s1. The van der Waals surface area contributed by atoms with E-state index >= 15 is 0 Å². The van der Waals surface area contributed by atoms with E-state index in [0.29, 0.717) is 47.0 Å². The molecule has 8 aliphatic rings. The van der Waals surface area contributed by atoms with Gasteiger partial charge < -0.3 is 54.3 Å². The van der Waals surface area contributed by atoms with Crippen LogP contribution < -0.4 is 5.32 Å². The van der Waals surface area contributed by atoms with Gasteiger partial charge in [-0.15, -0.1) is 0 Å². The van der Waals surface area contributed by atoms with E-state index in [1.165, 1.54) is 38.2 Å². The fourth-order valence-electron chi connectivity index (χ4n) is 12.7. The van der Waals surface area contributed by atoms with Crippen LogP contribution in [0.4, 0.5) is 0 Å². The van der Waals surface area contributed by atoms with E-state index in [1.54, 1.807) is 0 Å². The van der Waals surface area contributed by atoms with Gasteiger partial charge >= 0.3 is 0 Å². The maximum Gasteiger partial charge on any atom is 0.187 e. The minimum absolute atomic E-state index is 0.0881. The molecule has 0 aromatic heterocycles. The quantitative estimate of drug-likeness (QED) is 0.206. The average molecular weight is 722 g/mol. The van der Waals surface area contributed by atoms with Gasteiger partial charge in [-0.1, -0.05) is 39.3 Å². The van der Waals surface area contributed by atoms with Gasteiger partial charge in [-0.2, -0.15) is 0 Å². The highest BCUT2D eigenvalue weighted by Crippen LogP contribution is 2.70. The molecule has 4 aliphatic heterocycles. The molecule has 0 bridgehead atoms. The Bertz CT molecular complexity index is 1310. The lowest BCUT2D eigenvalue weighted by molar-refractivity contribution is -0.360. The van der Waals surface area contributed by atoms with E-state index in [2.05, 4.69) is 39.1 Å². The van der Waals surface area contributed by atoms with Crippen LogP contribution in [0.15, 0.2) is 11.6 Å². The van der Waals surface area contributed by atoms with Crippen molar-refractivity contribution in [3.8, 4) is 0 Å². The van der Waals surface area contributed by atoms with Crippen LogP contribution in [0.2, 0.25) is 0 Å². The summed E-state index contributed by atoms with van der Waals surface area (Å²) in [4.78, 5) is 0. The second-order valence-corrected chi connectivity index (χ2v) is 18.4. The van der Waals surface area contributed by atoms with Crippen molar-refractivity contribution in [1.29, 1.82) is 0 Å². The third-order valence-electron chi connectivity index (χ3n) is 15.8. The van der Waals surface area contributed by atoms with Crippen LogP contribution in [0.5, 0.6) is 0 Å². The number of fused-ring (bicyclic) bond motifs is 7. The van der Waals surface area contributed by atoms with Gasteiger partial charge in [0, 0.05) is 12.5 Å². The van der Waals surface area contributed by atoms with Crippen LogP contribution >= 0.6 is 0 Å². The number of hydrogen-bond donors (Lipinski definition) is 7. The third-order valence-corrected chi connectivity index (χ3v) is 15.8. The predicted octanol–water partition coefficient (Wildman–Crippen LogP) is 1.96. The van der Waals surface area contributed by atoms with Crippen LogP contribution in [0, 0.1) is 46.3 Å². The molecule has 3 saturated carbocycles. The minimum Gasteiger partial charge on any atom is -0.394 e. The Morgan fingerprint density at radius 2 is 1.59 bits per heavy atom. The van der Waals surface area contributed by atoms with E-state index in [1.807, 2.05) is 0 Å². The molecule has 1 unspecified atom stereocenters. The van der Waals surface area contributed by atoms with Crippen LogP contribution in [0.25, 0.3) is 0 Å². The Labute approximate surface area is 302 Å². The fraction of sp³-hybridized carbons (Fsp3) is 0.949. The zero-order valence-corrected chi connectivity index (χ0v) is 31.0. The highest BCUT2D eigenvalue weighted by molar-refractivity contribution is 5.26. The Hall–Kier alpha value is -0.740. The molecule has 51 heavy (non-hydrogen) atoms. The topological polar surface area (TPSA) is 180 Å². The van der Waals surface area contributed by atoms with E-state index in [0.717, 1.165) is 38.6 Å². The highest BCUT2D eigenvalue weighted by Gasteiger charge is 2.68. The number of allylic oxidation sites excluding steroid dienone is 1. The van der Waals surface area contributed by atoms with Crippen molar-refractivity contribution in [3.63, 3.8) is 0 Å². The number of piperidine rings is 1. The fourth-order valence-corrected chi connectivity index (χ4v) is 12.7. The van der Waals surface area contributed by atoms with Gasteiger partial charge in [0.15, 0.2) is 12.6 Å². The summed E-state index contributed by atoms with van der Waals surface area (Å²) in [5.74, 6) is 3.74. The number of hydrogen-bond acceptors (Lipinski definition) is 12. The van der Waals surface area contributed by atoms with Crippen LogP contribution in [0.3, 0.4) is 0 Å². The van der Waals surface area contributed by atoms with Crippen molar-refractivity contribution in [2.75, 3.05) is 13.2 Å². The molecule has 21 atom stereocenters. The first kappa shape index (κ1) is 37.2. The monoisotopic (exact) mass is 721 g/mol. The Morgan fingerprint density at radius 1 is 0.843 bits per heavy atom. The molecule has 290 valence electrons. The number of aliphatic hydroxyl groups excluding tert-OH is 6. The summed E-state index contributed by atoms with van der Waals surface area (Å²) < 4.78 is 30.7. The summed E-state index contributed by atoms with van der Waals surface area (Å²) in [6.45, 7) is 11.9. The number of rotatable bonds is 5. The molecule has 0 aromatic carbocycles. The molecule has 4 saturated heterocycles. The smallest absolute Gasteiger partial charge is 0.187 e. The van der Waals surface area contributed by atoms with Crippen LogP contribution in [-0.4, -0.2) is 123 Å². The van der Waals surface area contributed by atoms with Gasteiger partial charge in [0.1, 0.15) is 48.5 Å². The van der Waals surface area contributed by atoms with Gasteiger partial charge in [0.05, 0.1) is 24.9 Å². The van der Waals surface area contributed by atoms with Crippen molar-refractivity contribution in [2.45, 2.75) is 172 Å². The predicted molar refractivity (Wildman–Crippen MR) is 184 cm³/mol. The van der Waals surface area contributed by atoms with Crippen molar-refractivity contribution >= 4 is 0 Å². The molecule has 0 aromatic rings. The van der Waals surface area contributed by atoms with E-state index in [4.69, 9.17) is 23.7 Å². The first-order valence-electron chi connectivity index (χ1n) is 20.0. The van der Waals surface area contributed by atoms with Gasteiger partial charge in [0.2, 0.25) is 0 Å². The zero-order chi connectivity index (χ0) is 36.2. The molecule has 12 heteroatoms. The van der Waals surface area contributed by atoms with Gasteiger partial charge in [0.25, 0.3) is 0 Å². The minimum atomic E-state index is -1.60. The van der Waals surface area contributed by atoms with Crippen molar-refractivity contribution < 1.29 is 54.3 Å². The lowest BCUT2D eigenvalue weighted by atomic mass is 9.47. The first-order valence-corrected chi connectivity index (χ1v) is 20.0. The Balaban J connectivity index is 0.915. The summed E-state index contributed by atoms with van der Waals surface area (Å²) in [6, 6.07) is 0. The zero-order valence-electron chi connectivity index (χ0n) is 31.0. The summed E-state index contributed by atoms with van der Waals surface area (Å²) in [5.41, 5.74) is 1.66. The lowest BCUT2D eigenvalue weighted by Crippen LogP contribution is -2.64. The van der Waals surface area contributed by atoms with Gasteiger partial charge in [-0.05, 0) is 105 Å². The molecule has 4 aliphatic carbocycles. The number of aliphatic hydroxyl groups is 6. The Kier molecular flexibility index (Phi) is 9.83. The molecule has 0 radical (unpaired) electrons. The summed E-state index contributed by atoms with van der Waals surface area (Å²) in [5, 5.41) is 67.0. The maximum atomic E-state index is 11.1. The van der Waals surface area contributed by atoms with E-state index in [-0.39, 0.29) is 17.2 Å². The number of ether oxygens (including phenoxy) is 5. The highest BCUT2D eigenvalue weighted by atomic mass is 16.7. The van der Waals surface area contributed by atoms with Gasteiger partial charge in [-0.3, -0.25) is 5.32 Å². The molecule has 8 rings (SSSR count). The molecule has 0 amide bonds. The third kappa shape index (κ3) is 5.84. The molecule has 1 spiro atoms. The second kappa shape index (κ2) is 13.5. The van der Waals surface area contributed by atoms with Crippen molar-refractivity contribution in [1.82, 2.24) is 5.32 Å². The normalized spacial score (nSPS) is 58.4. The summed E-state index contributed by atoms with van der Waals surface area (Å²) in [6.07, 6.45) is -1.11. The van der Waals surface area contributed by atoms with Crippen molar-refractivity contribution in [3.05, 3.63) is 11.6 Å². The molecule has 12 nitrogen and oxygen atoms in total. The average Bonchev–Trinajstić information content (AvgIpc) is 3.56. The largest absolute Gasteiger partial charge is 0.394 e. The summed E-state index contributed by atoms with van der Waals surface area (Å²) >= 11 is 0. The van der Waals surface area contributed by atoms with Crippen LogP contribution in [0.1, 0.15) is 92.4 Å². The molecule has 4 heterocycles. The SMILES string of the molecule is C[C@@H]1CCC2(NC1)O[C@H]1C[C@H]3[C@@H]4CC=C5C[C@@H](O[C@@H]6O[C@H](CO)[C@@H](O[C@@H]7O[C@@H](C)[C@H](O)[C@@H](O)[C@H]7O)[C@H](O)[C@H]6O)CC[C@]5(C)[C@H]4CC[C@]3(C)[C@H]1[C@@H]2C. The molecule has 7 fully saturated rings. The summed E-state index contributed by atoms with van der Waals surface area (Å²) in [7, 11) is 0. The molecule has 7 N–H and O–H groups in total. The maximum absolute atomic E-state index is 11.1. The Morgan fingerprint density at radius 3 is 2.31 bits per heavy atom. The lowest BCUT2D eigenvalue weighted by Gasteiger charge is -2.59. The number of nitrogens with one attached hydrogen (secondary N) is 1. The van der Waals surface area contributed by atoms with Crippen molar-refractivity contribution in [2.24, 2.45) is 46.3 Å². The first-order chi connectivity index (χ1) is 24.2. The molecular weight excluding hydrogens is 658 g/mol. The van der Waals surface area contributed by atoms with E-state index < -0.39 is 68.0 Å². The molecular formula is C39H63NO11. The van der Waals surface area contributed by atoms with Crippen LogP contribution in [-0.2, 0) is 23.7 Å². The van der Waals surface area contributed by atoms with E-state index in [9.17, 15) is 30.6 Å².